The molecule has 5 heteroatoms. The number of nitrogen functional groups attached to an aromatic ring is 1. The molecule has 0 amide bonds. The summed E-state index contributed by atoms with van der Waals surface area (Å²) < 4.78 is 15.9. The third-order valence-corrected chi connectivity index (χ3v) is 4.80. The molecule has 1 unspecified atom stereocenters. The number of hydrogen-bond acceptors (Lipinski definition) is 2. The first-order valence-corrected chi connectivity index (χ1v) is 8.29. The highest BCUT2D eigenvalue weighted by atomic mass is 35.5. The Hall–Kier alpha value is -2.77. The van der Waals surface area contributed by atoms with Crippen molar-refractivity contribution in [1.29, 1.82) is 5.26 Å². The predicted molar refractivity (Wildman–Crippen MR) is 99.9 cm³/mol. The van der Waals surface area contributed by atoms with Crippen molar-refractivity contribution in [2.24, 2.45) is 0 Å². The molecule has 0 aliphatic carbocycles. The third kappa shape index (κ3) is 2.88. The Balaban J connectivity index is 2.34. The summed E-state index contributed by atoms with van der Waals surface area (Å²) in [5, 5.41) is 10.5. The van der Waals surface area contributed by atoms with Gasteiger partial charge in [-0.1, -0.05) is 30.7 Å². The minimum absolute atomic E-state index is 0.388. The van der Waals surface area contributed by atoms with Crippen LogP contribution >= 0.6 is 11.6 Å². The number of nitrogens with two attached hydrogens (primary N) is 1. The van der Waals surface area contributed by atoms with E-state index in [0.29, 0.717) is 22.6 Å². The van der Waals surface area contributed by atoms with Crippen molar-refractivity contribution in [3.63, 3.8) is 0 Å². The number of hydrogen-bond donors (Lipinski definition) is 1. The topological polar surface area (TPSA) is 54.7 Å². The predicted octanol–water partition coefficient (Wildman–Crippen LogP) is 5.25. The molecule has 3 rings (SSSR count). The van der Waals surface area contributed by atoms with E-state index in [1.165, 1.54) is 18.2 Å². The Labute approximate surface area is 150 Å². The fraction of sp³-hybridized carbons (Fsp3) is 0.150. The molecule has 2 N–H and O–H groups in total. The van der Waals surface area contributed by atoms with Gasteiger partial charge in [0.15, 0.2) is 0 Å². The zero-order valence-corrected chi connectivity index (χ0v) is 14.5. The molecule has 126 valence electrons. The largest absolute Gasteiger partial charge is 0.398 e. The van der Waals surface area contributed by atoms with Crippen LogP contribution in [-0.4, -0.2) is 4.57 Å². The van der Waals surface area contributed by atoms with E-state index in [2.05, 4.69) is 6.07 Å². The van der Waals surface area contributed by atoms with Crippen LogP contribution in [0.25, 0.3) is 10.9 Å². The summed E-state index contributed by atoms with van der Waals surface area (Å²) in [7, 11) is 0. The summed E-state index contributed by atoms with van der Waals surface area (Å²) in [6.45, 7) is 2.02. The molecule has 0 bridgehead atoms. The Morgan fingerprint density at radius 2 is 2.00 bits per heavy atom. The Morgan fingerprint density at radius 1 is 1.28 bits per heavy atom. The lowest BCUT2D eigenvalue weighted by atomic mass is 9.86. The number of fused-ring (bicyclic) bond motifs is 1. The van der Waals surface area contributed by atoms with Gasteiger partial charge in [0.1, 0.15) is 5.82 Å². The first-order valence-electron chi connectivity index (χ1n) is 7.92. The van der Waals surface area contributed by atoms with Crippen LogP contribution in [0.3, 0.4) is 0 Å². The number of anilines is 1. The summed E-state index contributed by atoms with van der Waals surface area (Å²) in [5.41, 5.74) is 7.34. The lowest BCUT2D eigenvalue weighted by Gasteiger charge is -2.33. The van der Waals surface area contributed by atoms with Crippen LogP contribution in [0.4, 0.5) is 10.1 Å². The van der Waals surface area contributed by atoms with Gasteiger partial charge in [-0.15, -0.1) is 0 Å². The monoisotopic (exact) mass is 353 g/mol. The first kappa shape index (κ1) is 17.1. The van der Waals surface area contributed by atoms with E-state index in [1.807, 2.05) is 54.1 Å². The van der Waals surface area contributed by atoms with Crippen LogP contribution in [0, 0.1) is 17.1 Å². The van der Waals surface area contributed by atoms with Gasteiger partial charge in [0.05, 0.1) is 17.1 Å². The van der Waals surface area contributed by atoms with Crippen LogP contribution in [0.1, 0.15) is 18.9 Å². The van der Waals surface area contributed by atoms with Crippen LogP contribution in [0.2, 0.25) is 5.02 Å². The fourth-order valence-corrected chi connectivity index (χ4v) is 3.43. The molecule has 3 nitrogen and oxygen atoms in total. The zero-order valence-electron chi connectivity index (χ0n) is 13.7. The van der Waals surface area contributed by atoms with Crippen LogP contribution in [0.5, 0.6) is 0 Å². The van der Waals surface area contributed by atoms with Crippen LogP contribution in [-0.2, 0) is 5.54 Å². The van der Waals surface area contributed by atoms with E-state index >= 15 is 0 Å². The second-order valence-electron chi connectivity index (χ2n) is 5.86. The molecule has 0 saturated carbocycles. The number of nitriles is 1. The van der Waals surface area contributed by atoms with E-state index in [4.69, 9.17) is 22.6 Å². The minimum atomic E-state index is -0.650. The van der Waals surface area contributed by atoms with Crippen molar-refractivity contribution in [3.8, 4) is 6.07 Å². The molecular formula is C20H17ClFN3. The smallest absolute Gasteiger partial charge is 0.127 e. The maximum Gasteiger partial charge on any atom is 0.127 e. The highest BCUT2D eigenvalue weighted by Crippen LogP contribution is 2.37. The minimum Gasteiger partial charge on any atom is -0.398 e. The number of aromatic nitrogens is 1. The fourth-order valence-electron chi connectivity index (χ4n) is 3.30. The Bertz CT molecular complexity index is 983. The van der Waals surface area contributed by atoms with Crippen molar-refractivity contribution in [2.45, 2.75) is 18.9 Å². The number of halogens is 2. The molecule has 2 aromatic carbocycles. The standard InChI is InChI=1S/C20H17ClFN3/c1-2-20(9-3-10-23,14-4-6-15(21)7-5-14)25-11-8-17-18(24)12-16(22)13-19(17)25/h3-9,11-13H,2,24H2,1H3/b9-3+. The number of allylic oxidation sites excluding steroid dienone is 2. The van der Waals surface area contributed by atoms with E-state index in [0.717, 1.165) is 10.9 Å². The molecule has 1 aromatic heterocycles. The highest BCUT2D eigenvalue weighted by molar-refractivity contribution is 6.30. The van der Waals surface area contributed by atoms with Crippen molar-refractivity contribution in [3.05, 3.63) is 77.2 Å². The van der Waals surface area contributed by atoms with Gasteiger partial charge < -0.3 is 10.3 Å². The van der Waals surface area contributed by atoms with Crippen LogP contribution < -0.4 is 5.73 Å². The van der Waals surface area contributed by atoms with Crippen molar-refractivity contribution in [2.75, 3.05) is 5.73 Å². The maximum atomic E-state index is 14.0. The van der Waals surface area contributed by atoms with Crippen molar-refractivity contribution < 1.29 is 4.39 Å². The number of benzene rings is 2. The summed E-state index contributed by atoms with van der Waals surface area (Å²) in [4.78, 5) is 0. The van der Waals surface area contributed by atoms with Gasteiger partial charge >= 0.3 is 0 Å². The Kier molecular flexibility index (Phi) is 4.52. The molecule has 25 heavy (non-hydrogen) atoms. The first-order chi connectivity index (χ1) is 12.0. The zero-order chi connectivity index (χ0) is 18.0. The van der Waals surface area contributed by atoms with Gasteiger partial charge in [0.2, 0.25) is 0 Å². The molecule has 1 heterocycles. The Morgan fingerprint density at radius 3 is 2.64 bits per heavy atom. The summed E-state index contributed by atoms with van der Waals surface area (Å²) >= 11 is 6.03. The number of nitrogens with zero attached hydrogens (tertiary/aromatic N) is 2. The lowest BCUT2D eigenvalue weighted by Crippen LogP contribution is -2.31. The summed E-state index contributed by atoms with van der Waals surface area (Å²) in [6, 6.07) is 14.1. The molecule has 0 spiro atoms. The quantitative estimate of drug-likeness (QED) is 0.514. The van der Waals surface area contributed by atoms with Gasteiger partial charge in [0, 0.05) is 28.4 Å². The molecule has 0 aliphatic heterocycles. The van der Waals surface area contributed by atoms with Crippen LogP contribution in [0.15, 0.2) is 60.8 Å². The van der Waals surface area contributed by atoms with Crippen molar-refractivity contribution >= 4 is 28.2 Å². The van der Waals surface area contributed by atoms with E-state index in [1.54, 1.807) is 0 Å². The average Bonchev–Trinajstić information content (AvgIpc) is 3.02. The van der Waals surface area contributed by atoms with E-state index in [9.17, 15) is 4.39 Å². The van der Waals surface area contributed by atoms with Gasteiger partial charge in [0.25, 0.3) is 0 Å². The van der Waals surface area contributed by atoms with E-state index < -0.39 is 11.4 Å². The lowest BCUT2D eigenvalue weighted by molar-refractivity contribution is 0.446. The normalized spacial score (nSPS) is 13.8. The molecule has 3 aromatic rings. The summed E-state index contributed by atoms with van der Waals surface area (Å²) in [6.07, 6.45) is 5.82. The number of rotatable bonds is 4. The maximum absolute atomic E-state index is 14.0. The highest BCUT2D eigenvalue weighted by Gasteiger charge is 2.31. The molecule has 1 atom stereocenters. The molecule has 0 radical (unpaired) electrons. The molecule has 0 fully saturated rings. The molecule has 0 aliphatic rings. The molecular weight excluding hydrogens is 337 g/mol. The van der Waals surface area contributed by atoms with Crippen molar-refractivity contribution in [1.82, 2.24) is 4.57 Å². The summed E-state index contributed by atoms with van der Waals surface area (Å²) in [5.74, 6) is -0.393. The average molecular weight is 354 g/mol. The van der Waals surface area contributed by atoms with E-state index in [-0.39, 0.29) is 0 Å². The second kappa shape index (κ2) is 6.62. The second-order valence-corrected chi connectivity index (χ2v) is 6.30. The van der Waals surface area contributed by atoms with Gasteiger partial charge in [-0.25, -0.2) is 4.39 Å². The van der Waals surface area contributed by atoms with Gasteiger partial charge in [-0.2, -0.15) is 5.26 Å². The van der Waals surface area contributed by atoms with Gasteiger partial charge in [-0.05, 0) is 48.4 Å². The third-order valence-electron chi connectivity index (χ3n) is 4.55. The van der Waals surface area contributed by atoms with Gasteiger partial charge in [-0.3, -0.25) is 0 Å². The molecule has 0 saturated heterocycles. The SMILES string of the molecule is CCC(/C=C/C#N)(c1ccc(Cl)cc1)n1ccc2c(N)cc(F)cc21.